The molecule has 108 valence electrons. The van der Waals surface area contributed by atoms with Crippen LogP contribution in [0.5, 0.6) is 5.75 Å². The quantitative estimate of drug-likeness (QED) is 0.790. The Morgan fingerprint density at radius 1 is 1.19 bits per heavy atom. The SMILES string of the molecule is O=C(COc1c(F)cccc1Cl)c1ccc2c(c1)CCC2. The fourth-order valence-corrected chi connectivity index (χ4v) is 2.80. The summed E-state index contributed by atoms with van der Waals surface area (Å²) in [6.45, 7) is -0.223. The standard InChI is InChI=1S/C17H14ClFO2/c18-14-5-2-6-15(19)17(14)21-10-16(20)13-8-7-11-3-1-4-12(11)9-13/h2,5-9H,1,3-4,10H2. The molecule has 0 spiro atoms. The van der Waals surface area contributed by atoms with E-state index in [-0.39, 0.29) is 23.2 Å². The normalized spacial score (nSPS) is 13.0. The third-order valence-electron chi connectivity index (χ3n) is 3.69. The van der Waals surface area contributed by atoms with Gasteiger partial charge in [-0.05, 0) is 48.6 Å². The zero-order valence-corrected chi connectivity index (χ0v) is 12.1. The number of rotatable bonds is 4. The van der Waals surface area contributed by atoms with Crippen molar-refractivity contribution < 1.29 is 13.9 Å². The molecule has 0 fully saturated rings. The van der Waals surface area contributed by atoms with Crippen LogP contribution in [-0.4, -0.2) is 12.4 Å². The Balaban J connectivity index is 1.72. The number of Topliss-reactive ketones (excluding diaryl/α,β-unsaturated/α-hetero) is 1. The average molecular weight is 305 g/mol. The summed E-state index contributed by atoms with van der Waals surface area (Å²) in [6, 6.07) is 9.98. The number of para-hydroxylation sites is 1. The monoisotopic (exact) mass is 304 g/mol. The Labute approximate surface area is 127 Å². The molecule has 0 N–H and O–H groups in total. The summed E-state index contributed by atoms with van der Waals surface area (Å²) in [4.78, 5) is 12.1. The van der Waals surface area contributed by atoms with Gasteiger partial charge in [-0.25, -0.2) is 4.39 Å². The van der Waals surface area contributed by atoms with Crippen molar-refractivity contribution in [2.75, 3.05) is 6.61 Å². The molecule has 3 rings (SSSR count). The van der Waals surface area contributed by atoms with Crippen LogP contribution in [0.15, 0.2) is 36.4 Å². The second-order valence-electron chi connectivity index (χ2n) is 5.10. The minimum atomic E-state index is -0.566. The highest BCUT2D eigenvalue weighted by molar-refractivity contribution is 6.32. The van der Waals surface area contributed by atoms with E-state index in [0.29, 0.717) is 5.56 Å². The summed E-state index contributed by atoms with van der Waals surface area (Å²) >= 11 is 5.86. The molecule has 0 bridgehead atoms. The van der Waals surface area contributed by atoms with Gasteiger partial charge < -0.3 is 4.74 Å². The van der Waals surface area contributed by atoms with E-state index in [1.54, 1.807) is 6.07 Å². The number of hydrogen-bond donors (Lipinski definition) is 0. The number of hydrogen-bond acceptors (Lipinski definition) is 2. The zero-order chi connectivity index (χ0) is 14.8. The first kappa shape index (κ1) is 14.1. The number of aryl methyl sites for hydroxylation is 2. The lowest BCUT2D eigenvalue weighted by atomic mass is 10.0. The van der Waals surface area contributed by atoms with Gasteiger partial charge in [0.15, 0.2) is 24.0 Å². The van der Waals surface area contributed by atoms with E-state index >= 15 is 0 Å². The first-order chi connectivity index (χ1) is 10.1. The van der Waals surface area contributed by atoms with Gasteiger partial charge in [-0.1, -0.05) is 29.8 Å². The molecule has 0 unspecified atom stereocenters. The van der Waals surface area contributed by atoms with Gasteiger partial charge in [0.05, 0.1) is 5.02 Å². The molecule has 4 heteroatoms. The van der Waals surface area contributed by atoms with Crippen LogP contribution >= 0.6 is 11.6 Å². The van der Waals surface area contributed by atoms with Crippen LogP contribution in [0.25, 0.3) is 0 Å². The third-order valence-corrected chi connectivity index (χ3v) is 3.98. The molecule has 21 heavy (non-hydrogen) atoms. The Morgan fingerprint density at radius 3 is 2.81 bits per heavy atom. The number of ketones is 1. The van der Waals surface area contributed by atoms with E-state index in [1.165, 1.54) is 29.3 Å². The van der Waals surface area contributed by atoms with Crippen LogP contribution in [-0.2, 0) is 12.8 Å². The lowest BCUT2D eigenvalue weighted by Crippen LogP contribution is -2.12. The smallest absolute Gasteiger partial charge is 0.200 e. The summed E-state index contributed by atoms with van der Waals surface area (Å²) in [5.74, 6) is -0.818. The molecule has 0 saturated heterocycles. The van der Waals surface area contributed by atoms with Gasteiger partial charge in [0.25, 0.3) is 0 Å². The number of benzene rings is 2. The molecule has 2 aromatic rings. The maximum atomic E-state index is 13.6. The van der Waals surface area contributed by atoms with Gasteiger partial charge in [-0.2, -0.15) is 0 Å². The van der Waals surface area contributed by atoms with Gasteiger partial charge in [-0.3, -0.25) is 4.79 Å². The van der Waals surface area contributed by atoms with Crippen molar-refractivity contribution >= 4 is 17.4 Å². The van der Waals surface area contributed by atoms with Gasteiger partial charge >= 0.3 is 0 Å². The summed E-state index contributed by atoms with van der Waals surface area (Å²) < 4.78 is 18.8. The van der Waals surface area contributed by atoms with Crippen molar-refractivity contribution in [1.82, 2.24) is 0 Å². The molecule has 1 aliphatic carbocycles. The molecule has 0 saturated carbocycles. The maximum Gasteiger partial charge on any atom is 0.200 e. The van der Waals surface area contributed by atoms with Gasteiger partial charge in [0, 0.05) is 5.56 Å². The third kappa shape index (κ3) is 2.93. The van der Waals surface area contributed by atoms with E-state index < -0.39 is 5.82 Å². The predicted molar refractivity (Wildman–Crippen MR) is 79.7 cm³/mol. The van der Waals surface area contributed by atoms with Crippen molar-refractivity contribution in [2.24, 2.45) is 0 Å². The minimum absolute atomic E-state index is 0.0753. The lowest BCUT2D eigenvalue weighted by molar-refractivity contribution is 0.0919. The molecule has 2 aromatic carbocycles. The van der Waals surface area contributed by atoms with Crippen molar-refractivity contribution in [3.8, 4) is 5.75 Å². The number of carbonyl (C=O) groups is 1. The predicted octanol–water partition coefficient (Wildman–Crippen LogP) is 4.23. The molecule has 0 aromatic heterocycles. The van der Waals surface area contributed by atoms with E-state index in [2.05, 4.69) is 0 Å². The van der Waals surface area contributed by atoms with Crippen LogP contribution < -0.4 is 4.74 Å². The van der Waals surface area contributed by atoms with E-state index in [4.69, 9.17) is 16.3 Å². The van der Waals surface area contributed by atoms with Gasteiger partial charge in [-0.15, -0.1) is 0 Å². The number of ether oxygens (including phenoxy) is 1. The second kappa shape index (κ2) is 5.86. The molecule has 0 aliphatic heterocycles. The first-order valence-corrected chi connectivity index (χ1v) is 7.25. The van der Waals surface area contributed by atoms with Crippen LogP contribution in [0.3, 0.4) is 0 Å². The number of fused-ring (bicyclic) bond motifs is 1. The topological polar surface area (TPSA) is 26.3 Å². The second-order valence-corrected chi connectivity index (χ2v) is 5.51. The number of carbonyl (C=O) groups excluding carboxylic acids is 1. The Morgan fingerprint density at radius 2 is 2.00 bits per heavy atom. The van der Waals surface area contributed by atoms with Gasteiger partial charge in [0.1, 0.15) is 0 Å². The van der Waals surface area contributed by atoms with Crippen molar-refractivity contribution in [3.63, 3.8) is 0 Å². The molecule has 2 nitrogen and oxygen atoms in total. The maximum absolute atomic E-state index is 13.6. The molecule has 0 radical (unpaired) electrons. The summed E-state index contributed by atoms with van der Waals surface area (Å²) in [5, 5.41) is 0.164. The Kier molecular flexibility index (Phi) is 3.93. The van der Waals surface area contributed by atoms with Crippen LogP contribution in [0, 0.1) is 5.82 Å². The van der Waals surface area contributed by atoms with E-state index in [9.17, 15) is 9.18 Å². The number of halogens is 2. The highest BCUT2D eigenvalue weighted by atomic mass is 35.5. The van der Waals surface area contributed by atoms with Crippen LogP contribution in [0.4, 0.5) is 4.39 Å². The van der Waals surface area contributed by atoms with Crippen molar-refractivity contribution in [3.05, 3.63) is 63.9 Å². The Hall–Kier alpha value is -1.87. The molecular formula is C17H14ClFO2. The highest BCUT2D eigenvalue weighted by Crippen LogP contribution is 2.27. The van der Waals surface area contributed by atoms with Crippen molar-refractivity contribution in [1.29, 1.82) is 0 Å². The fourth-order valence-electron chi connectivity index (χ4n) is 2.59. The fraction of sp³-hybridized carbons (Fsp3) is 0.235. The lowest BCUT2D eigenvalue weighted by Gasteiger charge is -2.09. The van der Waals surface area contributed by atoms with Crippen molar-refractivity contribution in [2.45, 2.75) is 19.3 Å². The van der Waals surface area contributed by atoms with E-state index in [0.717, 1.165) is 19.3 Å². The minimum Gasteiger partial charge on any atom is -0.481 e. The summed E-state index contributed by atoms with van der Waals surface area (Å²) in [5.41, 5.74) is 3.14. The zero-order valence-electron chi connectivity index (χ0n) is 11.4. The van der Waals surface area contributed by atoms with E-state index in [1.807, 2.05) is 12.1 Å². The molecule has 1 aliphatic rings. The molecule has 0 heterocycles. The first-order valence-electron chi connectivity index (χ1n) is 6.87. The Bertz CT molecular complexity index is 677. The average Bonchev–Trinajstić information content (AvgIpc) is 2.93. The molecule has 0 atom stereocenters. The summed E-state index contributed by atoms with van der Waals surface area (Å²) in [7, 11) is 0. The van der Waals surface area contributed by atoms with Crippen LogP contribution in [0.2, 0.25) is 5.02 Å². The van der Waals surface area contributed by atoms with Gasteiger partial charge in [0.2, 0.25) is 0 Å². The molecular weight excluding hydrogens is 291 g/mol. The van der Waals surface area contributed by atoms with Crippen LogP contribution in [0.1, 0.15) is 27.9 Å². The largest absolute Gasteiger partial charge is 0.481 e. The summed E-state index contributed by atoms with van der Waals surface area (Å²) in [6.07, 6.45) is 3.22. The highest BCUT2D eigenvalue weighted by Gasteiger charge is 2.15. The molecule has 0 amide bonds.